The summed E-state index contributed by atoms with van der Waals surface area (Å²) in [4.78, 5) is 1.92. The summed E-state index contributed by atoms with van der Waals surface area (Å²) in [6.07, 6.45) is 10.3. The second kappa shape index (κ2) is 5.87. The fourth-order valence-corrected chi connectivity index (χ4v) is 1.52. The Bertz CT molecular complexity index is 303. The molecule has 1 heterocycles. The second-order valence-electron chi connectivity index (χ2n) is 3.70. The molecule has 1 aliphatic rings. The van der Waals surface area contributed by atoms with Gasteiger partial charge in [-0.3, -0.25) is 0 Å². The molecule has 89 valence electrons. The van der Waals surface area contributed by atoms with Gasteiger partial charge in [0, 0.05) is 19.7 Å². The van der Waals surface area contributed by atoms with Crippen LogP contribution in [0, 0.1) is 6.92 Å². The van der Waals surface area contributed by atoms with E-state index in [1.165, 1.54) is 0 Å². The normalized spacial score (nSPS) is 19.2. The fourth-order valence-electron chi connectivity index (χ4n) is 1.52. The minimum Gasteiger partial charge on any atom is -0.361 e. The van der Waals surface area contributed by atoms with Gasteiger partial charge >= 0.3 is 0 Å². The van der Waals surface area contributed by atoms with Crippen LogP contribution in [0.5, 0.6) is 0 Å². The van der Waals surface area contributed by atoms with Crippen molar-refractivity contribution in [2.24, 2.45) is 0 Å². The third kappa shape index (κ3) is 3.22. The van der Waals surface area contributed by atoms with Crippen molar-refractivity contribution < 1.29 is 9.84 Å². The van der Waals surface area contributed by atoms with Crippen molar-refractivity contribution in [1.82, 2.24) is 4.90 Å². The van der Waals surface area contributed by atoms with Crippen molar-refractivity contribution in [2.75, 3.05) is 13.2 Å². The quantitative estimate of drug-likeness (QED) is 0.724. The van der Waals surface area contributed by atoms with Gasteiger partial charge in [0.2, 0.25) is 5.79 Å². The van der Waals surface area contributed by atoms with Crippen LogP contribution in [0.4, 0.5) is 0 Å². The highest BCUT2D eigenvalue weighted by atomic mass is 16.6. The summed E-state index contributed by atoms with van der Waals surface area (Å²) in [5, 5.41) is 10.2. The summed E-state index contributed by atoms with van der Waals surface area (Å²) in [5.41, 5.74) is 0.661. The van der Waals surface area contributed by atoms with Crippen molar-refractivity contribution >= 4 is 0 Å². The van der Waals surface area contributed by atoms with E-state index in [-0.39, 0.29) is 0 Å². The summed E-state index contributed by atoms with van der Waals surface area (Å²) < 4.78 is 5.37. The Labute approximate surface area is 97.7 Å². The minimum atomic E-state index is -1.48. The van der Waals surface area contributed by atoms with Gasteiger partial charge in [-0.15, -0.1) is 0 Å². The van der Waals surface area contributed by atoms with Crippen LogP contribution in [0.1, 0.15) is 20.3 Å². The molecule has 16 heavy (non-hydrogen) atoms. The Morgan fingerprint density at radius 1 is 1.38 bits per heavy atom. The van der Waals surface area contributed by atoms with Gasteiger partial charge in [-0.2, -0.15) is 0 Å². The lowest BCUT2D eigenvalue weighted by atomic mass is 10.2. The Hall–Kier alpha value is -1.06. The van der Waals surface area contributed by atoms with Gasteiger partial charge in [-0.1, -0.05) is 19.1 Å². The molecule has 1 rings (SSSR count). The zero-order valence-electron chi connectivity index (χ0n) is 10.0. The van der Waals surface area contributed by atoms with E-state index in [2.05, 4.69) is 6.92 Å². The maximum absolute atomic E-state index is 10.2. The van der Waals surface area contributed by atoms with E-state index in [0.29, 0.717) is 12.3 Å². The van der Waals surface area contributed by atoms with E-state index < -0.39 is 5.79 Å². The van der Waals surface area contributed by atoms with E-state index in [0.717, 1.165) is 13.0 Å². The van der Waals surface area contributed by atoms with Gasteiger partial charge in [0.15, 0.2) is 0 Å². The first kappa shape index (κ1) is 13.0. The first-order chi connectivity index (χ1) is 7.61. The molecule has 0 aromatic heterocycles. The van der Waals surface area contributed by atoms with Crippen LogP contribution in [0.2, 0.25) is 0 Å². The Balaban J connectivity index is 2.85. The molecule has 1 N–H and O–H groups in total. The van der Waals surface area contributed by atoms with E-state index in [1.807, 2.05) is 49.3 Å². The molecule has 0 aromatic carbocycles. The van der Waals surface area contributed by atoms with Crippen molar-refractivity contribution in [3.8, 4) is 0 Å². The molecule has 3 nitrogen and oxygen atoms in total. The first-order valence-corrected chi connectivity index (χ1v) is 5.65. The summed E-state index contributed by atoms with van der Waals surface area (Å²) >= 11 is 0. The number of hydrogen-bond donors (Lipinski definition) is 1. The summed E-state index contributed by atoms with van der Waals surface area (Å²) in [6, 6.07) is 0. The third-order valence-corrected chi connectivity index (χ3v) is 2.34. The Morgan fingerprint density at radius 3 is 2.75 bits per heavy atom. The van der Waals surface area contributed by atoms with Crippen LogP contribution >= 0.6 is 0 Å². The molecule has 1 aliphatic heterocycles. The average Bonchev–Trinajstić information content (AvgIpc) is 2.51. The summed E-state index contributed by atoms with van der Waals surface area (Å²) in [7, 11) is 0. The highest BCUT2D eigenvalue weighted by molar-refractivity contribution is 5.27. The molecule has 3 heteroatoms. The predicted molar refractivity (Wildman–Crippen MR) is 65.3 cm³/mol. The lowest BCUT2D eigenvalue weighted by Crippen LogP contribution is -2.38. The molecule has 0 aromatic rings. The van der Waals surface area contributed by atoms with E-state index in [4.69, 9.17) is 4.74 Å². The molecule has 0 amide bonds. The smallest absolute Gasteiger partial charge is 0.208 e. The lowest BCUT2D eigenvalue weighted by molar-refractivity contribution is -0.151. The van der Waals surface area contributed by atoms with Crippen LogP contribution in [0.25, 0.3) is 0 Å². The zero-order chi connectivity index (χ0) is 12.0. The summed E-state index contributed by atoms with van der Waals surface area (Å²) in [5.74, 6) is -1.48. The van der Waals surface area contributed by atoms with Crippen LogP contribution in [0.3, 0.4) is 0 Å². The molecule has 0 saturated heterocycles. The molecule has 1 radical (unpaired) electrons. The van der Waals surface area contributed by atoms with Gasteiger partial charge < -0.3 is 14.7 Å². The molecule has 0 aliphatic carbocycles. The zero-order valence-corrected chi connectivity index (χ0v) is 10.0. The SMILES string of the molecule is [CH2]C(O)(OCCC)C1=CC=CC=CN1CC. The number of rotatable bonds is 5. The highest BCUT2D eigenvalue weighted by Gasteiger charge is 2.29. The van der Waals surface area contributed by atoms with Crippen LogP contribution in [-0.4, -0.2) is 28.9 Å². The Kier molecular flexibility index (Phi) is 4.77. The maximum Gasteiger partial charge on any atom is 0.208 e. The molecule has 0 fully saturated rings. The van der Waals surface area contributed by atoms with Gasteiger partial charge in [0.05, 0.1) is 12.3 Å². The number of ether oxygens (including phenoxy) is 1. The first-order valence-electron chi connectivity index (χ1n) is 5.65. The largest absolute Gasteiger partial charge is 0.361 e. The van der Waals surface area contributed by atoms with Gasteiger partial charge in [0.1, 0.15) is 0 Å². The van der Waals surface area contributed by atoms with Crippen LogP contribution in [-0.2, 0) is 4.74 Å². The predicted octanol–water partition coefficient (Wildman–Crippen LogP) is 2.22. The number of hydrogen-bond acceptors (Lipinski definition) is 3. The minimum absolute atomic E-state index is 0.488. The fraction of sp³-hybridized carbons (Fsp3) is 0.462. The summed E-state index contributed by atoms with van der Waals surface area (Å²) in [6.45, 7) is 8.98. The molecule has 0 spiro atoms. The van der Waals surface area contributed by atoms with Crippen molar-refractivity contribution in [1.29, 1.82) is 0 Å². The van der Waals surface area contributed by atoms with E-state index >= 15 is 0 Å². The van der Waals surface area contributed by atoms with Gasteiger partial charge in [-0.25, -0.2) is 0 Å². The van der Waals surface area contributed by atoms with E-state index in [1.54, 1.807) is 0 Å². The molecule has 0 saturated carbocycles. The monoisotopic (exact) mass is 222 g/mol. The number of allylic oxidation sites excluding steroid dienone is 4. The molecular formula is C13H20NO2. The molecule has 1 atom stereocenters. The maximum atomic E-state index is 10.2. The highest BCUT2D eigenvalue weighted by Crippen LogP contribution is 2.23. The van der Waals surface area contributed by atoms with E-state index in [9.17, 15) is 5.11 Å². The Morgan fingerprint density at radius 2 is 2.12 bits per heavy atom. The third-order valence-electron chi connectivity index (χ3n) is 2.34. The van der Waals surface area contributed by atoms with Gasteiger partial charge in [0.25, 0.3) is 0 Å². The average molecular weight is 222 g/mol. The standard InChI is InChI=1S/C13H20NO2/c1-4-11-16-13(3,15)12-9-7-6-8-10-14(12)5-2/h6-10,15H,3-5,11H2,1-2H3. The van der Waals surface area contributed by atoms with Crippen LogP contribution in [0.15, 0.2) is 36.2 Å². The lowest BCUT2D eigenvalue weighted by Gasteiger charge is -2.32. The molecular weight excluding hydrogens is 202 g/mol. The molecule has 1 unspecified atom stereocenters. The number of likely N-dealkylation sites (N-methyl/N-ethyl adjacent to an activating group) is 1. The van der Waals surface area contributed by atoms with Crippen molar-refractivity contribution in [2.45, 2.75) is 26.1 Å². The van der Waals surface area contributed by atoms with Crippen molar-refractivity contribution in [3.05, 3.63) is 43.1 Å². The van der Waals surface area contributed by atoms with Crippen LogP contribution < -0.4 is 0 Å². The van der Waals surface area contributed by atoms with Gasteiger partial charge in [-0.05, 0) is 25.5 Å². The number of nitrogens with zero attached hydrogens (tertiary/aromatic N) is 1. The van der Waals surface area contributed by atoms with Crippen molar-refractivity contribution in [3.63, 3.8) is 0 Å². The topological polar surface area (TPSA) is 32.7 Å². The number of aliphatic hydroxyl groups is 1. The molecule has 0 bridgehead atoms. The second-order valence-corrected chi connectivity index (χ2v) is 3.70.